The summed E-state index contributed by atoms with van der Waals surface area (Å²) >= 11 is 1.12. The van der Waals surface area contributed by atoms with Crippen molar-refractivity contribution in [2.45, 2.75) is 6.92 Å². The molecule has 1 amide bonds. The van der Waals surface area contributed by atoms with Crippen molar-refractivity contribution in [2.75, 3.05) is 5.32 Å². The molecule has 20 heavy (non-hydrogen) atoms. The maximum absolute atomic E-state index is 11.8. The van der Waals surface area contributed by atoms with Gasteiger partial charge >= 0.3 is 5.88 Å². The third-order valence-corrected chi connectivity index (χ3v) is 3.00. The van der Waals surface area contributed by atoms with Gasteiger partial charge in [-0.25, -0.2) is 4.98 Å². The Kier molecular flexibility index (Phi) is 3.75. The lowest BCUT2D eigenvalue weighted by atomic mass is 10.3. The van der Waals surface area contributed by atoms with Crippen LogP contribution < -0.4 is 5.32 Å². The van der Waals surface area contributed by atoms with Crippen LogP contribution in [0.4, 0.5) is 11.0 Å². The van der Waals surface area contributed by atoms with Crippen molar-refractivity contribution in [3.05, 3.63) is 39.1 Å². The molecule has 2 aromatic heterocycles. The fraction of sp³-hybridized carbons (Fsp3) is 0.100. The molecule has 0 aromatic carbocycles. The molecular formula is C10H8N4O5S. The van der Waals surface area contributed by atoms with Crippen LogP contribution in [0.25, 0.3) is 0 Å². The summed E-state index contributed by atoms with van der Waals surface area (Å²) in [4.78, 5) is 25.5. The number of rotatable bonds is 4. The summed E-state index contributed by atoms with van der Waals surface area (Å²) in [5.74, 6) is -1.36. The molecule has 104 valence electrons. The number of nitro groups is 1. The average molecular weight is 296 g/mol. The van der Waals surface area contributed by atoms with Crippen molar-refractivity contribution in [1.82, 2.24) is 4.98 Å². The standard InChI is InChI=1S/C10H8N4O5S/c1-5(13-16)6-4-20-10(11-6)12-9(15)7-2-3-8(19-7)14(17)18/h2-4,16H,1H3,(H,11,12,15). The van der Waals surface area contributed by atoms with Crippen molar-refractivity contribution in [1.29, 1.82) is 0 Å². The first-order valence-electron chi connectivity index (χ1n) is 5.21. The molecule has 0 atom stereocenters. The first-order valence-corrected chi connectivity index (χ1v) is 6.09. The largest absolute Gasteiger partial charge is 0.433 e. The predicted octanol–water partition coefficient (Wildman–Crippen LogP) is 2.09. The van der Waals surface area contributed by atoms with E-state index in [1.807, 2.05) is 0 Å². The molecule has 2 heterocycles. The Morgan fingerprint density at radius 1 is 1.60 bits per heavy atom. The second-order valence-corrected chi connectivity index (χ2v) is 4.43. The minimum absolute atomic E-state index is 0.194. The number of carbonyl (C=O) groups excluding carboxylic acids is 1. The van der Waals surface area contributed by atoms with Crippen LogP contribution in [0.5, 0.6) is 0 Å². The molecule has 0 saturated heterocycles. The Hall–Kier alpha value is -2.75. The third-order valence-electron chi connectivity index (χ3n) is 2.24. The molecule has 2 rings (SSSR count). The fourth-order valence-corrected chi connectivity index (χ4v) is 2.00. The van der Waals surface area contributed by atoms with Crippen molar-refractivity contribution in [3.8, 4) is 0 Å². The molecule has 2 N–H and O–H groups in total. The Labute approximate surface area is 115 Å². The number of nitrogens with one attached hydrogen (secondary N) is 1. The van der Waals surface area contributed by atoms with Gasteiger partial charge in [-0.2, -0.15) is 0 Å². The summed E-state index contributed by atoms with van der Waals surface area (Å²) in [6, 6.07) is 2.28. The maximum Gasteiger partial charge on any atom is 0.433 e. The van der Waals surface area contributed by atoms with Crippen LogP contribution in [0.15, 0.2) is 27.1 Å². The van der Waals surface area contributed by atoms with Crippen LogP contribution in [-0.4, -0.2) is 26.7 Å². The van der Waals surface area contributed by atoms with Crippen LogP contribution >= 0.6 is 11.3 Å². The maximum atomic E-state index is 11.8. The molecule has 0 unspecified atom stereocenters. The van der Waals surface area contributed by atoms with Crippen LogP contribution in [0.1, 0.15) is 23.2 Å². The van der Waals surface area contributed by atoms with E-state index in [0.717, 1.165) is 17.4 Å². The van der Waals surface area contributed by atoms with Gasteiger partial charge in [0.15, 0.2) is 10.9 Å². The van der Waals surface area contributed by atoms with E-state index in [1.165, 1.54) is 6.07 Å². The first-order chi connectivity index (χ1) is 9.51. The number of furan rings is 1. The number of anilines is 1. The van der Waals surface area contributed by atoms with Gasteiger partial charge in [0, 0.05) is 5.38 Å². The Morgan fingerprint density at radius 2 is 2.35 bits per heavy atom. The van der Waals surface area contributed by atoms with E-state index in [1.54, 1.807) is 12.3 Å². The number of nitrogens with zero attached hydrogens (tertiary/aromatic N) is 3. The second-order valence-electron chi connectivity index (χ2n) is 3.57. The second kappa shape index (κ2) is 5.48. The summed E-state index contributed by atoms with van der Waals surface area (Å²) < 4.78 is 4.76. The minimum atomic E-state index is -0.737. The number of thiazole rings is 1. The molecular weight excluding hydrogens is 288 g/mol. The summed E-state index contributed by atoms with van der Waals surface area (Å²) in [5, 5.41) is 26.3. The van der Waals surface area contributed by atoms with Gasteiger partial charge in [-0.1, -0.05) is 5.16 Å². The molecule has 10 heteroatoms. The zero-order valence-corrected chi connectivity index (χ0v) is 10.9. The molecule has 0 saturated carbocycles. The number of hydrogen-bond donors (Lipinski definition) is 2. The first kappa shape index (κ1) is 13.7. The highest BCUT2D eigenvalue weighted by molar-refractivity contribution is 7.14. The number of amides is 1. The molecule has 0 aliphatic carbocycles. The van der Waals surface area contributed by atoms with Gasteiger partial charge in [-0.15, -0.1) is 11.3 Å². The molecule has 9 nitrogen and oxygen atoms in total. The highest BCUT2D eigenvalue weighted by Crippen LogP contribution is 2.19. The monoisotopic (exact) mass is 296 g/mol. The highest BCUT2D eigenvalue weighted by Gasteiger charge is 2.18. The van der Waals surface area contributed by atoms with E-state index in [0.29, 0.717) is 11.4 Å². The summed E-state index contributed by atoms with van der Waals surface area (Å²) in [6.45, 7) is 1.55. The summed E-state index contributed by atoms with van der Waals surface area (Å²) in [7, 11) is 0. The van der Waals surface area contributed by atoms with Gasteiger partial charge in [0.2, 0.25) is 0 Å². The van der Waals surface area contributed by atoms with Gasteiger partial charge in [0.25, 0.3) is 5.91 Å². The van der Waals surface area contributed by atoms with Crippen LogP contribution in [-0.2, 0) is 0 Å². The third kappa shape index (κ3) is 2.80. The zero-order valence-electron chi connectivity index (χ0n) is 10.1. The normalized spacial score (nSPS) is 11.3. The van der Waals surface area contributed by atoms with Crippen LogP contribution in [0.2, 0.25) is 0 Å². The number of hydrogen-bond acceptors (Lipinski definition) is 8. The van der Waals surface area contributed by atoms with E-state index in [-0.39, 0.29) is 10.9 Å². The zero-order chi connectivity index (χ0) is 14.7. The Balaban J connectivity index is 2.11. The number of aromatic nitrogens is 1. The number of oxime groups is 1. The van der Waals surface area contributed by atoms with E-state index < -0.39 is 16.7 Å². The van der Waals surface area contributed by atoms with E-state index >= 15 is 0 Å². The topological polar surface area (TPSA) is 131 Å². The van der Waals surface area contributed by atoms with Crippen molar-refractivity contribution >= 4 is 34.0 Å². The summed E-state index contributed by atoms with van der Waals surface area (Å²) in [6.07, 6.45) is 0. The minimum Gasteiger partial charge on any atom is -0.411 e. The molecule has 0 spiro atoms. The quantitative estimate of drug-likeness (QED) is 0.384. The molecule has 0 aliphatic rings. The Morgan fingerprint density at radius 3 is 2.95 bits per heavy atom. The lowest BCUT2D eigenvalue weighted by Crippen LogP contribution is -2.11. The van der Waals surface area contributed by atoms with Gasteiger partial charge in [0.1, 0.15) is 16.3 Å². The fourth-order valence-electron chi connectivity index (χ4n) is 1.26. The average Bonchev–Trinajstić information content (AvgIpc) is 3.06. The molecule has 2 aromatic rings. The van der Waals surface area contributed by atoms with Gasteiger partial charge in [0.05, 0.1) is 6.07 Å². The highest BCUT2D eigenvalue weighted by atomic mass is 32.1. The predicted molar refractivity (Wildman–Crippen MR) is 69.4 cm³/mol. The van der Waals surface area contributed by atoms with E-state index in [9.17, 15) is 14.9 Å². The van der Waals surface area contributed by atoms with Gasteiger partial charge in [-0.05, 0) is 13.0 Å². The molecule has 0 aliphatic heterocycles. The lowest BCUT2D eigenvalue weighted by molar-refractivity contribution is -0.402. The van der Waals surface area contributed by atoms with Crippen molar-refractivity contribution in [2.24, 2.45) is 5.16 Å². The van der Waals surface area contributed by atoms with Crippen molar-refractivity contribution < 1.29 is 19.3 Å². The number of carbonyl (C=O) groups is 1. The van der Waals surface area contributed by atoms with Gasteiger partial charge < -0.3 is 9.62 Å². The van der Waals surface area contributed by atoms with Crippen LogP contribution in [0, 0.1) is 10.1 Å². The molecule has 0 radical (unpaired) electrons. The van der Waals surface area contributed by atoms with Crippen molar-refractivity contribution in [3.63, 3.8) is 0 Å². The molecule has 0 fully saturated rings. The van der Waals surface area contributed by atoms with Gasteiger partial charge in [-0.3, -0.25) is 20.2 Å². The van der Waals surface area contributed by atoms with E-state index in [2.05, 4.69) is 15.5 Å². The SMILES string of the molecule is CC(=NO)c1csc(NC(=O)c2ccc([N+](=O)[O-])o2)n1. The summed E-state index contributed by atoms with van der Waals surface area (Å²) in [5.41, 5.74) is 0.716. The van der Waals surface area contributed by atoms with Crippen LogP contribution in [0.3, 0.4) is 0 Å². The Bertz CT molecular complexity index is 689. The smallest absolute Gasteiger partial charge is 0.411 e. The molecule has 0 bridgehead atoms. The van der Waals surface area contributed by atoms with E-state index in [4.69, 9.17) is 9.62 Å². The lowest BCUT2D eigenvalue weighted by Gasteiger charge is -1.96.